The first-order chi connectivity index (χ1) is 29.5. The van der Waals surface area contributed by atoms with Gasteiger partial charge in [0.25, 0.3) is 11.8 Å². The van der Waals surface area contributed by atoms with Crippen molar-refractivity contribution in [3.05, 3.63) is 75.0 Å². The number of imidazole rings is 2. The number of thioether (sulfide) groups is 1. The first-order valence-corrected chi connectivity index (χ1v) is 22.2. The Balaban J connectivity index is 1.24. The zero-order valence-corrected chi connectivity index (χ0v) is 36.5. The number of primary amides is 1. The molecule has 322 valence electrons. The summed E-state index contributed by atoms with van der Waals surface area (Å²) in [6.45, 7) is 13.2. The van der Waals surface area contributed by atoms with E-state index >= 15 is 0 Å². The van der Waals surface area contributed by atoms with Crippen LogP contribution >= 0.6 is 23.1 Å². The van der Waals surface area contributed by atoms with Crippen LogP contribution in [0.3, 0.4) is 0 Å². The molecule has 0 unspecified atom stereocenters. The number of hydrazine groups is 1. The third-order valence-electron chi connectivity index (χ3n) is 10.2. The fraction of sp³-hybridized carbons (Fsp3) is 0.390. The van der Waals surface area contributed by atoms with Crippen LogP contribution in [0.15, 0.2) is 47.4 Å². The highest BCUT2D eigenvalue weighted by atomic mass is 32.2. The Morgan fingerprint density at radius 2 is 1.62 bits per heavy atom. The number of hydrogen-bond acceptors (Lipinski definition) is 14. The third-order valence-corrected chi connectivity index (χ3v) is 12.0. The highest BCUT2D eigenvalue weighted by molar-refractivity contribution is 7.98. The molecule has 0 bridgehead atoms. The first-order valence-electron chi connectivity index (χ1n) is 20.1. The number of carbonyl (C=O) groups is 3. The van der Waals surface area contributed by atoms with Crippen molar-refractivity contribution in [3.8, 4) is 5.75 Å². The molecule has 1 aliphatic heterocycles. The number of ether oxygens (including phenoxy) is 2. The fourth-order valence-electron chi connectivity index (χ4n) is 7.33. The van der Waals surface area contributed by atoms with Gasteiger partial charge in [0.1, 0.15) is 21.8 Å². The molecule has 1 fully saturated rings. The number of allylic oxidation sites excluding steroid dienone is 2. The first kappa shape index (κ1) is 43.3. The molecule has 1 saturated heterocycles. The van der Waals surface area contributed by atoms with E-state index in [4.69, 9.17) is 31.0 Å². The summed E-state index contributed by atoms with van der Waals surface area (Å²) in [5.74, 6) is 5.80. The van der Waals surface area contributed by atoms with E-state index in [0.29, 0.717) is 75.3 Å². The zero-order chi connectivity index (χ0) is 43.2. The van der Waals surface area contributed by atoms with Gasteiger partial charge >= 0.3 is 0 Å². The number of aromatic nitrogens is 7. The van der Waals surface area contributed by atoms with Gasteiger partial charge in [0.2, 0.25) is 17.8 Å². The maximum absolute atomic E-state index is 13.8. The van der Waals surface area contributed by atoms with Crippen LogP contribution in [0.5, 0.6) is 5.75 Å². The van der Waals surface area contributed by atoms with Crippen molar-refractivity contribution in [1.29, 1.82) is 0 Å². The predicted octanol–water partition coefficient (Wildman–Crippen LogP) is 5.21. The van der Waals surface area contributed by atoms with Gasteiger partial charge in [-0.15, -0.1) is 23.1 Å². The average molecular weight is 870 g/mol. The number of carbonyl (C=O) groups excluding carboxylic acids is 3. The van der Waals surface area contributed by atoms with E-state index in [1.54, 1.807) is 22.9 Å². The normalized spacial score (nSPS) is 13.4. The maximum Gasteiger partial charge on any atom is 0.276 e. The van der Waals surface area contributed by atoms with Crippen molar-refractivity contribution in [1.82, 2.24) is 38.8 Å². The molecule has 0 spiro atoms. The van der Waals surface area contributed by atoms with E-state index in [2.05, 4.69) is 31.0 Å². The van der Waals surface area contributed by atoms with Gasteiger partial charge in [-0.3, -0.25) is 40.4 Å². The number of amides is 3. The summed E-state index contributed by atoms with van der Waals surface area (Å²) < 4.78 is 17.4. The molecular weight excluding hydrogens is 819 g/mol. The lowest BCUT2D eigenvalue weighted by molar-refractivity contribution is 0.0358. The van der Waals surface area contributed by atoms with Gasteiger partial charge in [-0.1, -0.05) is 19.1 Å². The number of morpholine rings is 1. The summed E-state index contributed by atoms with van der Waals surface area (Å²) in [4.78, 5) is 57.7. The van der Waals surface area contributed by atoms with Gasteiger partial charge in [-0.25, -0.2) is 15.0 Å². The van der Waals surface area contributed by atoms with Crippen LogP contribution in [-0.4, -0.2) is 102 Å². The molecule has 4 aromatic heterocycles. The number of benzene rings is 2. The summed E-state index contributed by atoms with van der Waals surface area (Å²) in [6.07, 6.45) is 7.20. The molecule has 6 aromatic rings. The van der Waals surface area contributed by atoms with Crippen molar-refractivity contribution in [3.63, 3.8) is 0 Å². The van der Waals surface area contributed by atoms with Crippen LogP contribution in [0, 0.1) is 13.8 Å². The average Bonchev–Trinajstić information content (AvgIpc) is 4.02. The van der Waals surface area contributed by atoms with Crippen molar-refractivity contribution in [2.75, 3.05) is 61.8 Å². The van der Waals surface area contributed by atoms with Crippen LogP contribution in [0.2, 0.25) is 0 Å². The van der Waals surface area contributed by atoms with Gasteiger partial charge < -0.3 is 29.8 Å². The number of hydrogen-bond donors (Lipinski definition) is 5. The molecule has 18 nitrogen and oxygen atoms in total. The largest absolute Gasteiger partial charge is 0.491 e. The molecular formula is C41H51N13O5S2. The number of thiazole rings is 1. The Morgan fingerprint density at radius 3 is 2.28 bits per heavy atom. The summed E-state index contributed by atoms with van der Waals surface area (Å²) in [6, 6.07) is 8.72. The minimum Gasteiger partial charge on any atom is -0.491 e. The van der Waals surface area contributed by atoms with E-state index in [1.807, 2.05) is 67.4 Å². The quantitative estimate of drug-likeness (QED) is 0.0246. The summed E-state index contributed by atoms with van der Waals surface area (Å²) >= 11 is 2.78. The van der Waals surface area contributed by atoms with Crippen molar-refractivity contribution >= 4 is 80.5 Å². The van der Waals surface area contributed by atoms with E-state index < -0.39 is 5.91 Å². The number of nitrogens with zero attached hydrogens (tertiary/aromatic N) is 8. The summed E-state index contributed by atoms with van der Waals surface area (Å²) in [5.41, 5.74) is 13.6. The number of nitrogen functional groups attached to an aromatic ring is 1. The number of nitrogens with two attached hydrogens (primary N) is 2. The molecule has 5 heterocycles. The second-order valence-corrected chi connectivity index (χ2v) is 16.4. The second-order valence-electron chi connectivity index (χ2n) is 14.4. The van der Waals surface area contributed by atoms with E-state index in [-0.39, 0.29) is 30.9 Å². The second kappa shape index (κ2) is 19.3. The van der Waals surface area contributed by atoms with Crippen LogP contribution in [0.1, 0.15) is 67.2 Å². The molecule has 7 rings (SSSR count). The molecule has 0 radical (unpaired) electrons. The Labute approximate surface area is 361 Å². The van der Waals surface area contributed by atoms with E-state index in [9.17, 15) is 14.4 Å². The monoisotopic (exact) mass is 869 g/mol. The Bertz CT molecular complexity index is 2600. The number of rotatable bonds is 18. The Kier molecular flexibility index (Phi) is 13.7. The molecule has 1 aliphatic rings. The van der Waals surface area contributed by atoms with Crippen LogP contribution in [-0.2, 0) is 30.8 Å². The minimum absolute atomic E-state index is 0.276. The Hall–Kier alpha value is -5.80. The van der Waals surface area contributed by atoms with E-state index in [0.717, 1.165) is 60.4 Å². The molecule has 3 amide bonds. The lowest BCUT2D eigenvalue weighted by atomic mass is 10.2. The lowest BCUT2D eigenvalue weighted by Gasteiger charge is -2.26. The minimum atomic E-state index is -0.582. The van der Waals surface area contributed by atoms with Gasteiger partial charge in [0.15, 0.2) is 0 Å². The van der Waals surface area contributed by atoms with Crippen LogP contribution in [0.4, 0.5) is 17.6 Å². The van der Waals surface area contributed by atoms with Gasteiger partial charge in [-0.05, 0) is 64.1 Å². The van der Waals surface area contributed by atoms with Crippen LogP contribution in [0.25, 0.3) is 22.1 Å². The number of nitrogens with one attached hydrogen (secondary N) is 3. The smallest absolute Gasteiger partial charge is 0.276 e. The molecule has 7 N–H and O–H groups in total. The molecule has 2 aromatic carbocycles. The maximum atomic E-state index is 13.8. The molecule has 0 saturated carbocycles. The van der Waals surface area contributed by atoms with E-state index in [1.165, 1.54) is 23.1 Å². The summed E-state index contributed by atoms with van der Waals surface area (Å²) in [5, 5.41) is 11.3. The van der Waals surface area contributed by atoms with Crippen LogP contribution < -0.4 is 32.4 Å². The molecule has 61 heavy (non-hydrogen) atoms. The summed E-state index contributed by atoms with van der Waals surface area (Å²) in [7, 11) is 0. The molecule has 20 heteroatoms. The molecule has 0 atom stereocenters. The van der Waals surface area contributed by atoms with Gasteiger partial charge in [-0.2, -0.15) is 5.10 Å². The zero-order valence-electron chi connectivity index (χ0n) is 34.9. The van der Waals surface area contributed by atoms with Gasteiger partial charge in [0, 0.05) is 55.8 Å². The fourth-order valence-corrected chi connectivity index (χ4v) is 8.89. The molecule has 0 aliphatic carbocycles. The SMILES string of the molecule is CCc1nc(C)sc1C(=O)Nc1nc2cc(NN)cc(OCCCN3CCOCC3)c2n1C/C=C/Cn1c(NC(=O)c2cc(C)nn2CC)nc2cc(C(N)=O)cc(SC)c21. The number of aryl methyl sites for hydroxylation is 4. The van der Waals surface area contributed by atoms with Crippen molar-refractivity contribution in [2.45, 2.75) is 65.1 Å². The van der Waals surface area contributed by atoms with Gasteiger partial charge in [0.05, 0.1) is 58.5 Å². The number of fused-ring (bicyclic) bond motifs is 2. The highest BCUT2D eigenvalue weighted by Crippen LogP contribution is 2.34. The highest BCUT2D eigenvalue weighted by Gasteiger charge is 2.23. The Morgan fingerprint density at radius 1 is 0.934 bits per heavy atom. The predicted molar refractivity (Wildman–Crippen MR) is 239 cm³/mol. The number of anilines is 3. The van der Waals surface area contributed by atoms with Crippen molar-refractivity contribution in [2.24, 2.45) is 11.6 Å². The third kappa shape index (κ3) is 9.57. The topological polar surface area (TPSA) is 227 Å². The standard InChI is InChI=1S/C41H51N13O5S2/c1-6-28-36(61-25(4)44-28)39(57)48-41-46-30-22-27(49-43)23-32(59-16-10-11-51-14-17-58-18-15-51)34(30)52(41)12-8-9-13-53-35-29(20-26(37(42)55)21-33(35)60-5)45-40(53)47-38(56)31-19-24(3)50-54(31)7-2/h8-9,19-23,49H,6-7,10-18,43H2,1-5H3,(H2,42,55)(H,45,47,56)(H,46,48,57)/b9-8+. The van der Waals surface area contributed by atoms with Crippen molar-refractivity contribution < 1.29 is 23.9 Å². The lowest BCUT2D eigenvalue weighted by Crippen LogP contribution is -2.37.